The highest BCUT2D eigenvalue weighted by Crippen LogP contribution is 1.96. The minimum Gasteiger partial charge on any atom is -0.466 e. The van der Waals surface area contributed by atoms with Gasteiger partial charge in [0.25, 0.3) is 0 Å². The predicted molar refractivity (Wildman–Crippen MR) is 59.6 cm³/mol. The van der Waals surface area contributed by atoms with E-state index in [-0.39, 0.29) is 26.1 Å². The van der Waals surface area contributed by atoms with E-state index in [1.807, 2.05) is 0 Å². The van der Waals surface area contributed by atoms with Crippen molar-refractivity contribution in [3.8, 4) is 0 Å². The number of carbonyl (C=O) groups excluding carboxylic acids is 4. The number of esters is 3. The summed E-state index contributed by atoms with van der Waals surface area (Å²) in [6.07, 6.45) is -1.16. The van der Waals surface area contributed by atoms with E-state index in [0.717, 1.165) is 0 Å². The van der Waals surface area contributed by atoms with Crippen LogP contribution in [-0.2, 0) is 33.4 Å². The number of rotatable bonds is 9. The highest BCUT2D eigenvalue weighted by atomic mass is 16.6. The number of carbonyl (C=O) groups is 4. The highest BCUT2D eigenvalue weighted by molar-refractivity contribution is 5.95. The van der Waals surface area contributed by atoms with Crippen LogP contribution >= 0.6 is 0 Å². The van der Waals surface area contributed by atoms with Crippen LogP contribution in [0.2, 0.25) is 0 Å². The summed E-state index contributed by atoms with van der Waals surface area (Å²) >= 11 is 0. The van der Waals surface area contributed by atoms with E-state index in [1.54, 1.807) is 6.92 Å². The van der Waals surface area contributed by atoms with E-state index in [4.69, 9.17) is 5.11 Å². The summed E-state index contributed by atoms with van der Waals surface area (Å²) in [4.78, 5) is 43.9. The molecule has 0 aliphatic rings. The Bertz CT molecular complexity index is 304. The zero-order valence-corrected chi connectivity index (χ0v) is 10.5. The number of Topliss-reactive ketones (excluding diaryl/α,β-unsaturated/α-hetero) is 1. The Kier molecular flexibility index (Phi) is 8.98. The minimum atomic E-state index is -0.926. The van der Waals surface area contributed by atoms with Crippen molar-refractivity contribution in [2.75, 3.05) is 20.0 Å². The van der Waals surface area contributed by atoms with E-state index < -0.39 is 36.9 Å². The standard InChI is InChI=1S/C11H16O8/c1-2-17-9(14)5-8(13)3-4-18-10(15)6-11(16)19-7-12/h12H,2-7H2,1H3. The number of aliphatic hydroxyl groups is 1. The van der Waals surface area contributed by atoms with E-state index in [0.29, 0.717) is 0 Å². The van der Waals surface area contributed by atoms with Crippen molar-refractivity contribution >= 4 is 23.7 Å². The second-order valence-electron chi connectivity index (χ2n) is 3.31. The van der Waals surface area contributed by atoms with Crippen molar-refractivity contribution in [3.63, 3.8) is 0 Å². The van der Waals surface area contributed by atoms with Crippen LogP contribution in [0.25, 0.3) is 0 Å². The van der Waals surface area contributed by atoms with Gasteiger partial charge < -0.3 is 19.3 Å². The Balaban J connectivity index is 3.72. The summed E-state index contributed by atoms with van der Waals surface area (Å²) in [6.45, 7) is 0.761. The molecule has 0 spiro atoms. The van der Waals surface area contributed by atoms with Crippen LogP contribution in [0.5, 0.6) is 0 Å². The Hall–Kier alpha value is -1.96. The largest absolute Gasteiger partial charge is 0.466 e. The van der Waals surface area contributed by atoms with Crippen LogP contribution in [0.3, 0.4) is 0 Å². The lowest BCUT2D eigenvalue weighted by molar-refractivity contribution is -0.159. The molecule has 0 saturated carbocycles. The van der Waals surface area contributed by atoms with E-state index in [9.17, 15) is 19.2 Å². The first-order valence-electron chi connectivity index (χ1n) is 5.59. The number of ketones is 1. The Morgan fingerprint density at radius 1 is 0.895 bits per heavy atom. The molecule has 0 aliphatic carbocycles. The smallest absolute Gasteiger partial charge is 0.319 e. The molecular formula is C11H16O8. The van der Waals surface area contributed by atoms with Crippen LogP contribution in [0.1, 0.15) is 26.2 Å². The van der Waals surface area contributed by atoms with Crippen molar-refractivity contribution in [2.24, 2.45) is 0 Å². The van der Waals surface area contributed by atoms with Gasteiger partial charge in [-0.3, -0.25) is 19.2 Å². The molecule has 0 aliphatic heterocycles. The van der Waals surface area contributed by atoms with Crippen LogP contribution in [-0.4, -0.2) is 48.8 Å². The zero-order valence-electron chi connectivity index (χ0n) is 10.5. The van der Waals surface area contributed by atoms with Crippen LogP contribution in [0, 0.1) is 0 Å². The van der Waals surface area contributed by atoms with Crippen molar-refractivity contribution in [3.05, 3.63) is 0 Å². The average Bonchev–Trinajstić information content (AvgIpc) is 2.28. The molecule has 0 aromatic rings. The molecule has 1 N–H and O–H groups in total. The second-order valence-corrected chi connectivity index (χ2v) is 3.31. The first-order chi connectivity index (χ1) is 8.99. The fraction of sp³-hybridized carbons (Fsp3) is 0.636. The maximum absolute atomic E-state index is 11.2. The first-order valence-corrected chi connectivity index (χ1v) is 5.59. The maximum atomic E-state index is 11.2. The molecule has 0 radical (unpaired) electrons. The monoisotopic (exact) mass is 276 g/mol. The van der Waals surface area contributed by atoms with Gasteiger partial charge in [-0.05, 0) is 6.92 Å². The molecule has 0 aromatic carbocycles. The lowest BCUT2D eigenvalue weighted by atomic mass is 10.2. The minimum absolute atomic E-state index is 0.139. The maximum Gasteiger partial charge on any atom is 0.319 e. The van der Waals surface area contributed by atoms with Crippen molar-refractivity contribution in [1.82, 2.24) is 0 Å². The molecule has 0 aromatic heterocycles. The SMILES string of the molecule is CCOC(=O)CC(=O)CCOC(=O)CC(=O)OCO. The Labute approximate surface area is 109 Å². The van der Waals surface area contributed by atoms with E-state index in [2.05, 4.69) is 14.2 Å². The molecule has 0 saturated heterocycles. The van der Waals surface area contributed by atoms with Crippen molar-refractivity contribution in [1.29, 1.82) is 0 Å². The molecule has 8 heteroatoms. The van der Waals surface area contributed by atoms with Crippen LogP contribution in [0.4, 0.5) is 0 Å². The fourth-order valence-corrected chi connectivity index (χ4v) is 1.03. The number of hydrogen-bond acceptors (Lipinski definition) is 8. The van der Waals surface area contributed by atoms with Gasteiger partial charge in [-0.2, -0.15) is 0 Å². The first kappa shape index (κ1) is 17.0. The molecule has 0 heterocycles. The molecular weight excluding hydrogens is 260 g/mol. The molecule has 0 atom stereocenters. The summed E-state index contributed by atoms with van der Waals surface area (Å²) in [5.74, 6) is -2.86. The molecule has 0 bridgehead atoms. The molecule has 19 heavy (non-hydrogen) atoms. The zero-order chi connectivity index (χ0) is 14.7. The van der Waals surface area contributed by atoms with Gasteiger partial charge in [-0.25, -0.2) is 0 Å². The van der Waals surface area contributed by atoms with E-state index in [1.165, 1.54) is 0 Å². The summed E-state index contributed by atoms with van der Waals surface area (Å²) < 4.78 is 13.3. The second kappa shape index (κ2) is 10.0. The van der Waals surface area contributed by atoms with Gasteiger partial charge in [-0.15, -0.1) is 0 Å². The van der Waals surface area contributed by atoms with Gasteiger partial charge in [0, 0.05) is 6.42 Å². The van der Waals surface area contributed by atoms with Gasteiger partial charge in [0.15, 0.2) is 6.79 Å². The molecule has 0 rings (SSSR count). The third-order valence-electron chi connectivity index (χ3n) is 1.80. The molecule has 0 fully saturated rings. The van der Waals surface area contributed by atoms with Gasteiger partial charge in [-0.1, -0.05) is 0 Å². The summed E-state index contributed by atoms with van der Waals surface area (Å²) in [5.41, 5.74) is 0. The third kappa shape index (κ3) is 9.72. The van der Waals surface area contributed by atoms with Crippen molar-refractivity contribution < 1.29 is 38.5 Å². The van der Waals surface area contributed by atoms with Crippen molar-refractivity contribution in [2.45, 2.75) is 26.2 Å². The molecule has 0 amide bonds. The van der Waals surface area contributed by atoms with Crippen LogP contribution in [0.15, 0.2) is 0 Å². The summed E-state index contributed by atoms with van der Waals surface area (Å²) in [5, 5.41) is 8.24. The molecule has 0 unspecified atom stereocenters. The quantitative estimate of drug-likeness (QED) is 0.255. The third-order valence-corrected chi connectivity index (χ3v) is 1.80. The fourth-order valence-electron chi connectivity index (χ4n) is 1.03. The summed E-state index contributed by atoms with van der Waals surface area (Å²) in [6, 6.07) is 0. The number of aliphatic hydroxyl groups excluding tert-OH is 1. The van der Waals surface area contributed by atoms with Gasteiger partial charge in [0.2, 0.25) is 0 Å². The Morgan fingerprint density at radius 3 is 2.05 bits per heavy atom. The van der Waals surface area contributed by atoms with Gasteiger partial charge in [0.05, 0.1) is 13.2 Å². The predicted octanol–water partition coefficient (Wildman–Crippen LogP) is -0.675. The number of ether oxygens (including phenoxy) is 3. The van der Waals surface area contributed by atoms with E-state index >= 15 is 0 Å². The van der Waals surface area contributed by atoms with Gasteiger partial charge >= 0.3 is 17.9 Å². The topological polar surface area (TPSA) is 116 Å². The molecule has 8 nitrogen and oxygen atoms in total. The van der Waals surface area contributed by atoms with Gasteiger partial charge in [0.1, 0.15) is 18.6 Å². The number of hydrogen-bond donors (Lipinski definition) is 1. The average molecular weight is 276 g/mol. The Morgan fingerprint density at radius 2 is 1.47 bits per heavy atom. The highest BCUT2D eigenvalue weighted by Gasteiger charge is 2.14. The molecule has 108 valence electrons. The summed E-state index contributed by atoms with van der Waals surface area (Å²) in [7, 11) is 0. The van der Waals surface area contributed by atoms with Crippen LogP contribution < -0.4 is 0 Å². The lowest BCUT2D eigenvalue weighted by Gasteiger charge is -2.04. The lowest BCUT2D eigenvalue weighted by Crippen LogP contribution is -2.17. The normalized spacial score (nSPS) is 9.58.